The molecule has 1 aromatic rings. The lowest BCUT2D eigenvalue weighted by atomic mass is 9.88. The Bertz CT molecular complexity index is 406. The highest BCUT2D eigenvalue weighted by Gasteiger charge is 2.34. The van der Waals surface area contributed by atoms with E-state index in [-0.39, 0.29) is 0 Å². The van der Waals surface area contributed by atoms with Crippen molar-refractivity contribution in [2.45, 2.75) is 13.8 Å². The molecule has 2 nitrogen and oxygen atoms in total. The number of benzene rings is 1. The van der Waals surface area contributed by atoms with Gasteiger partial charge in [0.2, 0.25) is 0 Å². The smallest absolute Gasteiger partial charge is 0.0554 e. The van der Waals surface area contributed by atoms with Gasteiger partial charge in [0.15, 0.2) is 0 Å². The second-order valence-electron chi connectivity index (χ2n) is 5.88. The molecule has 0 N–H and O–H groups in total. The Morgan fingerprint density at radius 2 is 2.00 bits per heavy atom. The van der Waals surface area contributed by atoms with Gasteiger partial charge in [-0.2, -0.15) is 0 Å². The van der Waals surface area contributed by atoms with Crippen molar-refractivity contribution in [3.63, 3.8) is 0 Å². The van der Waals surface area contributed by atoms with Crippen LogP contribution in [0.25, 0.3) is 6.08 Å². The van der Waals surface area contributed by atoms with Crippen LogP contribution < -0.4 is 0 Å². The van der Waals surface area contributed by atoms with Crippen LogP contribution in [0.3, 0.4) is 0 Å². The minimum Gasteiger partial charge on any atom is -0.380 e. The van der Waals surface area contributed by atoms with Crippen molar-refractivity contribution in [1.82, 2.24) is 4.90 Å². The van der Waals surface area contributed by atoms with Gasteiger partial charge in [-0.3, -0.25) is 0 Å². The van der Waals surface area contributed by atoms with Gasteiger partial charge in [0, 0.05) is 18.5 Å². The molecule has 1 aromatic carbocycles. The van der Waals surface area contributed by atoms with Crippen LogP contribution in [0.5, 0.6) is 0 Å². The molecule has 1 aliphatic heterocycles. The highest BCUT2D eigenvalue weighted by molar-refractivity contribution is 5.52. The average molecular weight is 245 g/mol. The maximum absolute atomic E-state index is 5.30. The van der Waals surface area contributed by atoms with Gasteiger partial charge in [-0.15, -0.1) is 0 Å². The second kappa shape index (κ2) is 5.68. The molecular weight excluding hydrogens is 222 g/mol. The van der Waals surface area contributed by atoms with Gasteiger partial charge in [-0.05, 0) is 19.5 Å². The molecule has 1 aliphatic rings. The van der Waals surface area contributed by atoms with Crippen molar-refractivity contribution in [3.05, 3.63) is 41.5 Å². The first-order valence-corrected chi connectivity index (χ1v) is 6.56. The Hall–Kier alpha value is -1.12. The molecule has 0 radical (unpaired) electrons. The number of likely N-dealkylation sites (N-methyl/N-ethyl adjacent to an activating group) is 1. The third kappa shape index (κ3) is 3.69. The van der Waals surface area contributed by atoms with Crippen LogP contribution in [-0.4, -0.2) is 38.3 Å². The lowest BCUT2D eigenvalue weighted by Gasteiger charge is -2.40. The third-order valence-electron chi connectivity index (χ3n) is 3.28. The molecule has 0 aromatic heterocycles. The van der Waals surface area contributed by atoms with Gasteiger partial charge in [0.05, 0.1) is 13.2 Å². The van der Waals surface area contributed by atoms with Crippen molar-refractivity contribution in [2.75, 3.05) is 33.4 Å². The Labute approximate surface area is 110 Å². The number of rotatable bonds is 5. The maximum Gasteiger partial charge on any atom is 0.0554 e. The molecule has 2 rings (SSSR count). The van der Waals surface area contributed by atoms with Gasteiger partial charge in [0.25, 0.3) is 0 Å². The zero-order valence-corrected chi connectivity index (χ0v) is 11.6. The Balaban J connectivity index is 1.86. The van der Waals surface area contributed by atoms with Gasteiger partial charge < -0.3 is 9.64 Å². The Morgan fingerprint density at radius 1 is 1.33 bits per heavy atom. The molecule has 18 heavy (non-hydrogen) atoms. The fourth-order valence-electron chi connectivity index (χ4n) is 2.55. The van der Waals surface area contributed by atoms with Crippen molar-refractivity contribution in [3.8, 4) is 0 Å². The van der Waals surface area contributed by atoms with Crippen molar-refractivity contribution >= 4 is 6.08 Å². The van der Waals surface area contributed by atoms with Crippen molar-refractivity contribution in [2.24, 2.45) is 5.41 Å². The van der Waals surface area contributed by atoms with Crippen LogP contribution >= 0.6 is 0 Å². The van der Waals surface area contributed by atoms with Crippen LogP contribution in [0, 0.1) is 5.41 Å². The summed E-state index contributed by atoms with van der Waals surface area (Å²) in [5.74, 6) is 0. The number of ether oxygens (including phenoxy) is 1. The molecule has 0 spiro atoms. The number of nitrogens with zero attached hydrogens (tertiary/aromatic N) is 1. The van der Waals surface area contributed by atoms with E-state index in [1.54, 1.807) is 0 Å². The minimum absolute atomic E-state index is 0.363. The van der Waals surface area contributed by atoms with Crippen LogP contribution in [0.1, 0.15) is 19.4 Å². The third-order valence-corrected chi connectivity index (χ3v) is 3.28. The molecule has 0 aliphatic carbocycles. The van der Waals surface area contributed by atoms with Crippen LogP contribution in [0.2, 0.25) is 0 Å². The Morgan fingerprint density at radius 3 is 2.56 bits per heavy atom. The molecule has 1 saturated heterocycles. The topological polar surface area (TPSA) is 12.5 Å². The summed E-state index contributed by atoms with van der Waals surface area (Å²) in [6, 6.07) is 10.5. The first-order valence-electron chi connectivity index (χ1n) is 6.56. The lowest BCUT2D eigenvalue weighted by molar-refractivity contribution is -0.111. The quantitative estimate of drug-likeness (QED) is 0.790. The van der Waals surface area contributed by atoms with Gasteiger partial charge in [-0.1, -0.05) is 48.9 Å². The van der Waals surface area contributed by atoms with Crippen molar-refractivity contribution in [1.29, 1.82) is 0 Å². The molecule has 0 saturated carbocycles. The van der Waals surface area contributed by atoms with Crippen LogP contribution in [-0.2, 0) is 4.74 Å². The molecule has 0 atom stereocenters. The minimum atomic E-state index is 0.363. The molecule has 2 heteroatoms. The first kappa shape index (κ1) is 13.3. The summed E-state index contributed by atoms with van der Waals surface area (Å²) in [6.45, 7) is 8.42. The molecule has 0 amide bonds. The summed E-state index contributed by atoms with van der Waals surface area (Å²) >= 11 is 0. The molecule has 0 bridgehead atoms. The maximum atomic E-state index is 5.30. The fourth-order valence-corrected chi connectivity index (χ4v) is 2.55. The standard InChI is InChI=1S/C16H23NO/c1-14(9-15-7-5-4-6-8-15)10-17(3)11-16(2)12-18-13-16/h4-9H,10-13H2,1-3H3. The summed E-state index contributed by atoms with van der Waals surface area (Å²) in [5, 5.41) is 0. The monoisotopic (exact) mass is 245 g/mol. The normalized spacial score (nSPS) is 18.8. The average Bonchev–Trinajstić information content (AvgIpc) is 2.27. The Kier molecular flexibility index (Phi) is 4.20. The highest BCUT2D eigenvalue weighted by Crippen LogP contribution is 2.27. The predicted molar refractivity (Wildman–Crippen MR) is 76.5 cm³/mol. The van der Waals surface area contributed by atoms with E-state index >= 15 is 0 Å². The van der Waals surface area contributed by atoms with E-state index in [0.717, 1.165) is 26.3 Å². The summed E-state index contributed by atoms with van der Waals surface area (Å²) in [5.41, 5.74) is 3.04. The molecule has 98 valence electrons. The second-order valence-corrected chi connectivity index (χ2v) is 5.88. The molecular formula is C16H23NO. The SMILES string of the molecule is CC(=Cc1ccccc1)CN(C)CC1(C)COC1. The van der Waals surface area contributed by atoms with Crippen LogP contribution in [0.4, 0.5) is 0 Å². The summed E-state index contributed by atoms with van der Waals surface area (Å²) in [6.07, 6.45) is 2.26. The first-order chi connectivity index (χ1) is 8.57. The predicted octanol–water partition coefficient (Wildman–Crippen LogP) is 3.06. The summed E-state index contributed by atoms with van der Waals surface area (Å²) in [4.78, 5) is 2.39. The van der Waals surface area contributed by atoms with Gasteiger partial charge >= 0.3 is 0 Å². The van der Waals surface area contributed by atoms with E-state index in [0.29, 0.717) is 5.41 Å². The van der Waals surface area contributed by atoms with E-state index in [1.807, 2.05) is 0 Å². The van der Waals surface area contributed by atoms with Crippen molar-refractivity contribution < 1.29 is 4.74 Å². The van der Waals surface area contributed by atoms with E-state index < -0.39 is 0 Å². The molecule has 1 heterocycles. The summed E-state index contributed by atoms with van der Waals surface area (Å²) < 4.78 is 5.30. The van der Waals surface area contributed by atoms with E-state index in [9.17, 15) is 0 Å². The van der Waals surface area contributed by atoms with E-state index in [2.05, 4.69) is 62.2 Å². The van der Waals surface area contributed by atoms with Gasteiger partial charge in [0.1, 0.15) is 0 Å². The van der Waals surface area contributed by atoms with Crippen LogP contribution in [0.15, 0.2) is 35.9 Å². The summed E-state index contributed by atoms with van der Waals surface area (Å²) in [7, 11) is 2.19. The zero-order valence-electron chi connectivity index (χ0n) is 11.6. The molecule has 1 fully saturated rings. The fraction of sp³-hybridized carbons (Fsp3) is 0.500. The van der Waals surface area contributed by atoms with E-state index in [4.69, 9.17) is 4.74 Å². The highest BCUT2D eigenvalue weighted by atomic mass is 16.5. The largest absolute Gasteiger partial charge is 0.380 e. The van der Waals surface area contributed by atoms with E-state index in [1.165, 1.54) is 11.1 Å². The number of hydrogen-bond donors (Lipinski definition) is 0. The lowest BCUT2D eigenvalue weighted by Crippen LogP contribution is -2.48. The molecule has 0 unspecified atom stereocenters. The van der Waals surface area contributed by atoms with Gasteiger partial charge in [-0.25, -0.2) is 0 Å². The number of hydrogen-bond acceptors (Lipinski definition) is 2. The zero-order chi connectivity index (χ0) is 13.0.